The number of carbonyl (C=O) groups is 6. The van der Waals surface area contributed by atoms with Crippen LogP contribution in [-0.4, -0.2) is 82.0 Å². The molecule has 0 saturated heterocycles. The molecule has 0 spiro atoms. The molecular weight excluding hydrogens is 458 g/mol. The minimum atomic E-state index is -1.67. The van der Waals surface area contributed by atoms with E-state index in [4.69, 9.17) is 16.6 Å². The molecule has 33 heavy (non-hydrogen) atoms. The Labute approximate surface area is 195 Å². The molecule has 5 unspecified atom stereocenters. The molecule has 0 rings (SSSR count). The lowest BCUT2D eigenvalue weighted by atomic mass is 9.98. The van der Waals surface area contributed by atoms with Gasteiger partial charge in [-0.25, -0.2) is 4.79 Å². The predicted octanol–water partition coefficient (Wildman–Crippen LogP) is -2.00. The maximum Gasteiger partial charge on any atom is 0.326 e. The quantitative estimate of drug-likeness (QED) is 0.125. The van der Waals surface area contributed by atoms with Crippen LogP contribution >= 0.6 is 11.8 Å². The Morgan fingerprint density at radius 1 is 0.909 bits per heavy atom. The number of amides is 4. The molecule has 0 fully saturated rings. The van der Waals surface area contributed by atoms with Crippen LogP contribution in [0.5, 0.6) is 0 Å². The number of rotatable bonds is 16. The fraction of sp³-hybridized carbons (Fsp3) is 0.684. The third-order valence-corrected chi connectivity index (χ3v) is 5.44. The van der Waals surface area contributed by atoms with E-state index in [1.807, 2.05) is 6.26 Å². The molecule has 0 aromatic rings. The van der Waals surface area contributed by atoms with Gasteiger partial charge in [0, 0.05) is 0 Å². The minimum Gasteiger partial charge on any atom is -0.481 e. The Bertz CT molecular complexity index is 735. The Hall–Kier alpha value is -2.87. The third-order valence-electron chi connectivity index (χ3n) is 4.80. The Morgan fingerprint density at radius 2 is 1.42 bits per heavy atom. The largest absolute Gasteiger partial charge is 0.481 e. The van der Waals surface area contributed by atoms with Crippen molar-refractivity contribution in [1.29, 1.82) is 0 Å². The van der Waals surface area contributed by atoms with Crippen molar-refractivity contribution in [2.24, 2.45) is 17.4 Å². The lowest BCUT2D eigenvalue weighted by molar-refractivity contribution is -0.145. The number of thioether (sulfide) groups is 1. The van der Waals surface area contributed by atoms with Crippen molar-refractivity contribution in [3.63, 3.8) is 0 Å². The van der Waals surface area contributed by atoms with Crippen LogP contribution in [0.2, 0.25) is 0 Å². The van der Waals surface area contributed by atoms with Gasteiger partial charge in [-0.15, -0.1) is 0 Å². The summed E-state index contributed by atoms with van der Waals surface area (Å²) < 4.78 is 0. The number of hydrogen-bond acceptors (Lipinski definition) is 8. The Kier molecular flexibility index (Phi) is 13.7. The molecule has 0 aliphatic heterocycles. The lowest BCUT2D eigenvalue weighted by Crippen LogP contribution is -2.58. The maximum atomic E-state index is 12.7. The maximum absolute atomic E-state index is 12.7. The van der Waals surface area contributed by atoms with Crippen LogP contribution in [0.25, 0.3) is 0 Å². The molecule has 14 heteroatoms. The summed E-state index contributed by atoms with van der Waals surface area (Å²) in [6.45, 7) is 3.30. The number of aliphatic carboxylic acids is 2. The summed E-state index contributed by atoms with van der Waals surface area (Å²) in [5.41, 5.74) is 10.9. The summed E-state index contributed by atoms with van der Waals surface area (Å²) in [6, 6.07) is -5.46. The van der Waals surface area contributed by atoms with E-state index in [1.165, 1.54) is 11.8 Å². The first-order valence-electron chi connectivity index (χ1n) is 10.2. The van der Waals surface area contributed by atoms with Crippen LogP contribution in [-0.2, 0) is 28.8 Å². The van der Waals surface area contributed by atoms with Crippen LogP contribution in [0.4, 0.5) is 0 Å². The highest BCUT2D eigenvalue weighted by atomic mass is 32.2. The summed E-state index contributed by atoms with van der Waals surface area (Å²) in [5, 5.41) is 25.1. The molecule has 4 amide bonds. The number of carboxylic acid groups (broad SMARTS) is 2. The summed E-state index contributed by atoms with van der Waals surface area (Å²) >= 11 is 1.46. The van der Waals surface area contributed by atoms with Crippen LogP contribution < -0.4 is 27.4 Å². The van der Waals surface area contributed by atoms with Gasteiger partial charge in [-0.2, -0.15) is 11.8 Å². The molecule has 13 nitrogen and oxygen atoms in total. The first kappa shape index (κ1) is 30.1. The highest BCUT2D eigenvalue weighted by Gasteiger charge is 2.33. The zero-order chi connectivity index (χ0) is 25.7. The standard InChI is InChI=1S/C19H33N5O8S/c1-4-9(2)15(19(31)32)24-18(30)12(8-14(26)27)23-17(29)11(7-13(21)25)22-16(28)10(20)5-6-33-3/h9-12,15H,4-8,20H2,1-3H3,(H2,21,25)(H,22,28)(H,23,29)(H,24,30)(H,26,27)(H,31,32). The molecule has 0 aromatic heterocycles. The van der Waals surface area contributed by atoms with E-state index < -0.39 is 78.5 Å². The fourth-order valence-corrected chi connectivity index (χ4v) is 3.15. The molecule has 0 bridgehead atoms. The summed E-state index contributed by atoms with van der Waals surface area (Å²) in [7, 11) is 0. The second-order valence-corrected chi connectivity index (χ2v) is 8.47. The predicted molar refractivity (Wildman–Crippen MR) is 120 cm³/mol. The van der Waals surface area contributed by atoms with Crippen molar-refractivity contribution < 1.29 is 39.0 Å². The SMILES string of the molecule is CCC(C)C(NC(=O)C(CC(=O)O)NC(=O)C(CC(N)=O)NC(=O)C(N)CCSC)C(=O)O. The van der Waals surface area contributed by atoms with Crippen molar-refractivity contribution in [3.8, 4) is 0 Å². The molecule has 0 aliphatic carbocycles. The average molecular weight is 492 g/mol. The van der Waals surface area contributed by atoms with Gasteiger partial charge in [0.2, 0.25) is 23.6 Å². The van der Waals surface area contributed by atoms with Crippen LogP contribution in [0, 0.1) is 5.92 Å². The highest BCUT2D eigenvalue weighted by molar-refractivity contribution is 7.98. The molecule has 9 N–H and O–H groups in total. The average Bonchev–Trinajstić information content (AvgIpc) is 2.72. The summed E-state index contributed by atoms with van der Waals surface area (Å²) in [5.74, 6) is -6.42. The van der Waals surface area contributed by atoms with E-state index in [0.717, 1.165) is 0 Å². The Morgan fingerprint density at radius 3 is 1.88 bits per heavy atom. The number of carboxylic acids is 2. The second-order valence-electron chi connectivity index (χ2n) is 7.49. The van der Waals surface area contributed by atoms with E-state index in [-0.39, 0.29) is 0 Å². The number of carbonyl (C=O) groups excluding carboxylic acids is 4. The fourth-order valence-electron chi connectivity index (χ4n) is 2.66. The first-order chi connectivity index (χ1) is 15.3. The molecule has 5 atom stereocenters. The van der Waals surface area contributed by atoms with Gasteiger partial charge in [0.25, 0.3) is 0 Å². The van der Waals surface area contributed by atoms with Gasteiger partial charge in [-0.1, -0.05) is 20.3 Å². The molecule has 0 radical (unpaired) electrons. The smallest absolute Gasteiger partial charge is 0.326 e. The summed E-state index contributed by atoms with van der Waals surface area (Å²) in [4.78, 5) is 71.6. The number of primary amides is 1. The van der Waals surface area contributed by atoms with Gasteiger partial charge in [0.15, 0.2) is 0 Å². The van der Waals surface area contributed by atoms with Crippen molar-refractivity contribution in [1.82, 2.24) is 16.0 Å². The van der Waals surface area contributed by atoms with Gasteiger partial charge >= 0.3 is 11.9 Å². The van der Waals surface area contributed by atoms with Gasteiger partial charge in [-0.05, 0) is 24.3 Å². The van der Waals surface area contributed by atoms with Gasteiger partial charge < -0.3 is 37.6 Å². The number of nitrogens with one attached hydrogen (secondary N) is 3. The first-order valence-corrected chi connectivity index (χ1v) is 11.6. The topological polar surface area (TPSA) is 231 Å². The van der Waals surface area contributed by atoms with E-state index in [2.05, 4.69) is 16.0 Å². The van der Waals surface area contributed by atoms with E-state index in [1.54, 1.807) is 13.8 Å². The highest BCUT2D eigenvalue weighted by Crippen LogP contribution is 2.09. The van der Waals surface area contributed by atoms with E-state index >= 15 is 0 Å². The minimum absolute atomic E-state index is 0.300. The molecule has 188 valence electrons. The molecule has 0 aromatic carbocycles. The second kappa shape index (κ2) is 15.1. The van der Waals surface area contributed by atoms with Crippen molar-refractivity contribution in [3.05, 3.63) is 0 Å². The van der Waals surface area contributed by atoms with Crippen LogP contribution in [0.15, 0.2) is 0 Å². The zero-order valence-electron chi connectivity index (χ0n) is 18.8. The number of nitrogens with two attached hydrogens (primary N) is 2. The molecule has 0 heterocycles. The van der Waals surface area contributed by atoms with Gasteiger partial charge in [0.05, 0.1) is 18.9 Å². The van der Waals surface area contributed by atoms with Gasteiger partial charge in [-0.3, -0.25) is 24.0 Å². The molecule has 0 aliphatic rings. The third kappa shape index (κ3) is 11.5. The van der Waals surface area contributed by atoms with E-state index in [0.29, 0.717) is 18.6 Å². The Balaban J connectivity index is 5.54. The van der Waals surface area contributed by atoms with Crippen LogP contribution in [0.3, 0.4) is 0 Å². The number of hydrogen-bond donors (Lipinski definition) is 7. The van der Waals surface area contributed by atoms with Crippen molar-refractivity contribution >= 4 is 47.3 Å². The zero-order valence-corrected chi connectivity index (χ0v) is 19.6. The van der Waals surface area contributed by atoms with Crippen molar-refractivity contribution in [2.75, 3.05) is 12.0 Å². The molecular formula is C19H33N5O8S. The summed E-state index contributed by atoms with van der Waals surface area (Å²) in [6.07, 6.45) is 1.04. The van der Waals surface area contributed by atoms with Crippen molar-refractivity contribution in [2.45, 2.75) is 63.7 Å². The van der Waals surface area contributed by atoms with Crippen LogP contribution in [0.1, 0.15) is 39.5 Å². The molecule has 0 saturated carbocycles. The van der Waals surface area contributed by atoms with Gasteiger partial charge in [0.1, 0.15) is 18.1 Å². The normalized spacial score (nSPS) is 15.3. The lowest BCUT2D eigenvalue weighted by Gasteiger charge is -2.25. The monoisotopic (exact) mass is 491 g/mol. The van der Waals surface area contributed by atoms with E-state index in [9.17, 15) is 33.9 Å².